The highest BCUT2D eigenvalue weighted by molar-refractivity contribution is 5.73. The van der Waals surface area contributed by atoms with Crippen molar-refractivity contribution < 1.29 is 14.4 Å². The molecule has 0 radical (unpaired) electrons. The molecular formula is C12H19N3O3. The van der Waals surface area contributed by atoms with Gasteiger partial charge < -0.3 is 9.63 Å². The molecule has 0 spiro atoms. The Morgan fingerprint density at radius 3 is 2.72 bits per heavy atom. The Morgan fingerprint density at radius 1 is 1.50 bits per heavy atom. The van der Waals surface area contributed by atoms with Crippen molar-refractivity contribution in [3.63, 3.8) is 0 Å². The molecule has 2 rings (SSSR count). The highest BCUT2D eigenvalue weighted by Crippen LogP contribution is 2.11. The fourth-order valence-electron chi connectivity index (χ4n) is 2.37. The van der Waals surface area contributed by atoms with E-state index in [1.54, 1.807) is 6.26 Å². The monoisotopic (exact) mass is 253 g/mol. The molecule has 1 aromatic rings. The zero-order chi connectivity index (χ0) is 13.0. The summed E-state index contributed by atoms with van der Waals surface area (Å²) in [5.41, 5.74) is 0.925. The lowest BCUT2D eigenvalue weighted by Gasteiger charge is -2.37. The van der Waals surface area contributed by atoms with Crippen LogP contribution in [0.1, 0.15) is 19.0 Å². The summed E-state index contributed by atoms with van der Waals surface area (Å²) in [5.74, 6) is -0.720. The number of rotatable bonds is 5. The molecule has 0 unspecified atom stereocenters. The number of hydrogen-bond acceptors (Lipinski definition) is 5. The molecule has 1 fully saturated rings. The van der Waals surface area contributed by atoms with Crippen molar-refractivity contribution in [1.82, 2.24) is 15.0 Å². The van der Waals surface area contributed by atoms with Crippen molar-refractivity contribution in [1.29, 1.82) is 0 Å². The molecule has 1 aliphatic rings. The zero-order valence-electron chi connectivity index (χ0n) is 10.6. The van der Waals surface area contributed by atoms with Gasteiger partial charge in [0.05, 0.1) is 5.69 Å². The summed E-state index contributed by atoms with van der Waals surface area (Å²) >= 11 is 0. The lowest BCUT2D eigenvalue weighted by Crippen LogP contribution is -2.52. The summed E-state index contributed by atoms with van der Waals surface area (Å²) in [5, 5.41) is 13.0. The van der Waals surface area contributed by atoms with Gasteiger partial charge in [-0.2, -0.15) is 0 Å². The zero-order valence-corrected chi connectivity index (χ0v) is 10.6. The Balaban J connectivity index is 1.82. The van der Waals surface area contributed by atoms with Crippen LogP contribution in [0.2, 0.25) is 0 Å². The maximum atomic E-state index is 11.1. The summed E-state index contributed by atoms with van der Waals surface area (Å²) in [4.78, 5) is 15.4. The minimum absolute atomic E-state index is 0.348. The molecule has 100 valence electrons. The highest BCUT2D eigenvalue weighted by atomic mass is 16.5. The van der Waals surface area contributed by atoms with Gasteiger partial charge in [0.15, 0.2) is 0 Å². The molecular weight excluding hydrogens is 234 g/mol. The molecule has 1 aromatic heterocycles. The van der Waals surface area contributed by atoms with Gasteiger partial charge in [-0.15, -0.1) is 0 Å². The van der Waals surface area contributed by atoms with Gasteiger partial charge in [0.1, 0.15) is 12.3 Å². The Hall–Kier alpha value is -1.40. The van der Waals surface area contributed by atoms with Crippen molar-refractivity contribution in [2.75, 3.05) is 26.2 Å². The summed E-state index contributed by atoms with van der Waals surface area (Å²) in [6.45, 7) is 6.02. The van der Waals surface area contributed by atoms with E-state index in [1.807, 2.05) is 17.9 Å². The predicted octanol–water partition coefficient (Wildman–Crippen LogP) is 0.655. The second-order valence-corrected chi connectivity index (χ2v) is 4.57. The van der Waals surface area contributed by atoms with Crippen LogP contribution in [0.15, 0.2) is 16.9 Å². The van der Waals surface area contributed by atoms with Crippen molar-refractivity contribution in [2.45, 2.75) is 25.9 Å². The third-order valence-electron chi connectivity index (χ3n) is 3.40. The molecule has 0 aliphatic carbocycles. The van der Waals surface area contributed by atoms with Crippen LogP contribution in [0.3, 0.4) is 0 Å². The maximum absolute atomic E-state index is 11.1. The minimum Gasteiger partial charge on any atom is -0.480 e. The smallest absolute Gasteiger partial charge is 0.320 e. The molecule has 18 heavy (non-hydrogen) atoms. The fraction of sp³-hybridized carbons (Fsp3) is 0.667. The predicted molar refractivity (Wildman–Crippen MR) is 65.1 cm³/mol. The molecule has 0 saturated carbocycles. The Morgan fingerprint density at radius 2 is 2.22 bits per heavy atom. The summed E-state index contributed by atoms with van der Waals surface area (Å²) in [6.07, 6.45) is 2.22. The summed E-state index contributed by atoms with van der Waals surface area (Å²) in [7, 11) is 0. The van der Waals surface area contributed by atoms with E-state index in [1.165, 1.54) is 0 Å². The normalized spacial score (nSPS) is 19.8. The molecule has 0 bridgehead atoms. The fourth-order valence-corrected chi connectivity index (χ4v) is 2.37. The first-order valence-electron chi connectivity index (χ1n) is 6.29. The van der Waals surface area contributed by atoms with E-state index >= 15 is 0 Å². The van der Waals surface area contributed by atoms with E-state index in [-0.39, 0.29) is 6.04 Å². The average Bonchev–Trinajstić information content (AvgIpc) is 2.84. The lowest BCUT2D eigenvalue weighted by molar-refractivity contribution is -0.144. The largest absolute Gasteiger partial charge is 0.480 e. The van der Waals surface area contributed by atoms with E-state index < -0.39 is 5.97 Å². The first-order valence-corrected chi connectivity index (χ1v) is 6.29. The summed E-state index contributed by atoms with van der Waals surface area (Å²) in [6, 6.07) is 1.51. The van der Waals surface area contributed by atoms with Crippen LogP contribution in [0, 0.1) is 0 Å². The topological polar surface area (TPSA) is 69.8 Å². The first-order chi connectivity index (χ1) is 8.70. The number of aliphatic carboxylic acids is 1. The van der Waals surface area contributed by atoms with Gasteiger partial charge in [0.2, 0.25) is 0 Å². The third kappa shape index (κ3) is 3.08. The number of carboxylic acid groups (broad SMARTS) is 1. The van der Waals surface area contributed by atoms with Gasteiger partial charge in [-0.25, -0.2) is 0 Å². The molecule has 0 aromatic carbocycles. The average molecular weight is 253 g/mol. The van der Waals surface area contributed by atoms with Crippen LogP contribution in [0.4, 0.5) is 0 Å². The number of aromatic nitrogens is 1. The molecule has 0 amide bonds. The van der Waals surface area contributed by atoms with Gasteiger partial charge in [0.25, 0.3) is 0 Å². The van der Waals surface area contributed by atoms with Crippen molar-refractivity contribution in [3.05, 3.63) is 18.0 Å². The Bertz CT molecular complexity index is 372. The number of carboxylic acids is 1. The van der Waals surface area contributed by atoms with Crippen molar-refractivity contribution in [2.24, 2.45) is 0 Å². The number of piperazine rings is 1. The van der Waals surface area contributed by atoms with Crippen LogP contribution < -0.4 is 0 Å². The van der Waals surface area contributed by atoms with Crippen molar-refractivity contribution >= 4 is 5.97 Å². The van der Waals surface area contributed by atoms with Crippen LogP contribution in [0.5, 0.6) is 0 Å². The van der Waals surface area contributed by atoms with Gasteiger partial charge >= 0.3 is 5.97 Å². The quantitative estimate of drug-likeness (QED) is 0.831. The Kier molecular flexibility index (Phi) is 4.33. The third-order valence-corrected chi connectivity index (χ3v) is 3.40. The second kappa shape index (κ2) is 5.97. The van der Waals surface area contributed by atoms with Gasteiger partial charge in [-0.3, -0.25) is 14.6 Å². The van der Waals surface area contributed by atoms with Gasteiger partial charge in [-0.05, 0) is 6.42 Å². The van der Waals surface area contributed by atoms with Crippen LogP contribution in [-0.4, -0.2) is 58.3 Å². The van der Waals surface area contributed by atoms with E-state index in [2.05, 4.69) is 10.1 Å². The number of nitrogens with zero attached hydrogens (tertiary/aromatic N) is 3. The van der Waals surface area contributed by atoms with Crippen LogP contribution in [-0.2, 0) is 11.3 Å². The summed E-state index contributed by atoms with van der Waals surface area (Å²) < 4.78 is 4.80. The number of carbonyl (C=O) groups is 1. The van der Waals surface area contributed by atoms with Crippen LogP contribution in [0.25, 0.3) is 0 Å². The van der Waals surface area contributed by atoms with Crippen LogP contribution >= 0.6 is 0 Å². The van der Waals surface area contributed by atoms with E-state index in [9.17, 15) is 4.79 Å². The van der Waals surface area contributed by atoms with E-state index in [0.717, 1.165) is 38.4 Å². The highest BCUT2D eigenvalue weighted by Gasteiger charge is 2.27. The van der Waals surface area contributed by atoms with E-state index in [4.69, 9.17) is 9.63 Å². The second-order valence-electron chi connectivity index (χ2n) is 4.57. The van der Waals surface area contributed by atoms with Crippen molar-refractivity contribution in [3.8, 4) is 0 Å². The molecule has 6 nitrogen and oxygen atoms in total. The Labute approximate surface area is 106 Å². The van der Waals surface area contributed by atoms with E-state index in [0.29, 0.717) is 6.42 Å². The van der Waals surface area contributed by atoms with Gasteiger partial charge in [0, 0.05) is 38.8 Å². The standard InChI is InChI=1S/C12H19N3O3/c1-2-11(12(16)17)15-6-4-14(5-7-15)9-10-3-8-18-13-10/h3,8,11H,2,4-7,9H2,1H3,(H,16,17)/t11-/m0/s1. The lowest BCUT2D eigenvalue weighted by atomic mass is 10.1. The molecule has 1 N–H and O–H groups in total. The first kappa shape index (κ1) is 13.0. The van der Waals surface area contributed by atoms with Gasteiger partial charge in [-0.1, -0.05) is 12.1 Å². The maximum Gasteiger partial charge on any atom is 0.320 e. The molecule has 1 atom stereocenters. The molecule has 1 saturated heterocycles. The number of hydrogen-bond donors (Lipinski definition) is 1. The molecule has 1 aliphatic heterocycles. The minimum atomic E-state index is -0.720. The molecule has 2 heterocycles. The SMILES string of the molecule is CC[C@@H](C(=O)O)N1CCN(Cc2ccon2)CC1. The molecule has 6 heteroatoms.